The number of nitrogens with one attached hydrogen (secondary N) is 1. The number of nitrogens with zero attached hydrogens (tertiary/aromatic N) is 1. The van der Waals surface area contributed by atoms with Crippen LogP contribution in [-0.2, 0) is 0 Å². The number of nitrogens with two attached hydrogens (primary N) is 2. The Hall–Kier alpha value is -2.89. The third-order valence-electron chi connectivity index (χ3n) is 3.66. The molecule has 5 N–H and O–H groups in total. The molecule has 0 spiro atoms. The van der Waals surface area contributed by atoms with Crippen LogP contribution in [0.4, 0.5) is 15.8 Å². The molecule has 6 heteroatoms. The van der Waals surface area contributed by atoms with Crippen LogP contribution in [-0.4, -0.2) is 11.9 Å². The number of aliphatic imine (C=N–C) groups is 1. The molecule has 3 rings (SSSR count). The molecule has 0 aliphatic heterocycles. The highest BCUT2D eigenvalue weighted by molar-refractivity contribution is 6.04. The third-order valence-corrected chi connectivity index (χ3v) is 3.66. The van der Waals surface area contributed by atoms with Crippen molar-refractivity contribution in [2.75, 3.05) is 5.32 Å². The molecule has 0 unspecified atom stereocenters. The zero-order valence-corrected chi connectivity index (χ0v) is 12.4. The van der Waals surface area contributed by atoms with Crippen molar-refractivity contribution in [3.8, 4) is 0 Å². The number of anilines is 1. The molecule has 1 fully saturated rings. The summed E-state index contributed by atoms with van der Waals surface area (Å²) < 4.78 is 14.1. The highest BCUT2D eigenvalue weighted by Gasteiger charge is 2.24. The maximum Gasteiger partial charge on any atom is 0.255 e. The van der Waals surface area contributed by atoms with Crippen LogP contribution in [0.25, 0.3) is 0 Å². The van der Waals surface area contributed by atoms with E-state index in [2.05, 4.69) is 10.3 Å². The summed E-state index contributed by atoms with van der Waals surface area (Å²) in [4.78, 5) is 16.1. The van der Waals surface area contributed by atoms with Gasteiger partial charge in [-0.15, -0.1) is 0 Å². The number of amides is 1. The van der Waals surface area contributed by atoms with Crippen molar-refractivity contribution >= 4 is 23.2 Å². The number of rotatable bonds is 4. The van der Waals surface area contributed by atoms with Gasteiger partial charge in [0, 0.05) is 5.56 Å². The minimum atomic E-state index is -0.428. The van der Waals surface area contributed by atoms with E-state index in [1.807, 2.05) is 6.07 Å². The summed E-state index contributed by atoms with van der Waals surface area (Å²) in [6, 6.07) is 11.4. The van der Waals surface area contributed by atoms with Gasteiger partial charge in [0.1, 0.15) is 5.82 Å². The molecule has 118 valence electrons. The lowest BCUT2D eigenvalue weighted by atomic mass is 10.1. The highest BCUT2D eigenvalue weighted by atomic mass is 19.1. The van der Waals surface area contributed by atoms with Crippen LogP contribution in [0.2, 0.25) is 0 Å². The minimum Gasteiger partial charge on any atom is -0.370 e. The third kappa shape index (κ3) is 3.66. The largest absolute Gasteiger partial charge is 0.370 e. The van der Waals surface area contributed by atoms with Gasteiger partial charge < -0.3 is 16.8 Å². The number of carbonyl (C=O) groups is 1. The number of carbonyl (C=O) groups excluding carboxylic acids is 1. The van der Waals surface area contributed by atoms with Gasteiger partial charge in [0.25, 0.3) is 5.91 Å². The van der Waals surface area contributed by atoms with Crippen molar-refractivity contribution in [2.45, 2.75) is 18.8 Å². The molecule has 0 radical (unpaired) electrons. The number of hydrogen-bond donors (Lipinski definition) is 3. The fraction of sp³-hybridized carbons (Fsp3) is 0.176. The van der Waals surface area contributed by atoms with Gasteiger partial charge in [0.15, 0.2) is 5.96 Å². The van der Waals surface area contributed by atoms with Crippen LogP contribution in [0.5, 0.6) is 0 Å². The van der Waals surface area contributed by atoms with Crippen molar-refractivity contribution in [1.29, 1.82) is 0 Å². The summed E-state index contributed by atoms with van der Waals surface area (Å²) in [5.41, 5.74) is 12.6. The molecular weight excluding hydrogens is 295 g/mol. The molecule has 0 heterocycles. The lowest BCUT2D eigenvalue weighted by Crippen LogP contribution is -2.22. The van der Waals surface area contributed by atoms with Gasteiger partial charge in [-0.05, 0) is 54.7 Å². The quantitative estimate of drug-likeness (QED) is 0.598. The van der Waals surface area contributed by atoms with Gasteiger partial charge in [-0.3, -0.25) is 4.79 Å². The SMILES string of the molecule is NC(N)=Nc1cccc(C(=O)Nc2ccc(C3CC3)cc2F)c1. The van der Waals surface area contributed by atoms with E-state index in [1.165, 1.54) is 12.1 Å². The van der Waals surface area contributed by atoms with E-state index in [0.29, 0.717) is 17.2 Å². The lowest BCUT2D eigenvalue weighted by Gasteiger charge is -2.08. The molecule has 5 nitrogen and oxygen atoms in total. The van der Waals surface area contributed by atoms with Crippen LogP contribution < -0.4 is 16.8 Å². The maximum absolute atomic E-state index is 14.1. The Balaban J connectivity index is 1.77. The average Bonchev–Trinajstić information content (AvgIpc) is 3.33. The summed E-state index contributed by atoms with van der Waals surface area (Å²) in [5, 5.41) is 2.57. The normalized spacial score (nSPS) is 13.4. The standard InChI is InChI=1S/C17H17FN4O/c18-14-9-11(10-4-5-10)6-7-15(14)22-16(23)12-2-1-3-13(8-12)21-17(19)20/h1-3,6-10H,4-5H2,(H,22,23)(H4,19,20,21). The number of guanidine groups is 1. The Labute approximate surface area is 133 Å². The highest BCUT2D eigenvalue weighted by Crippen LogP contribution is 2.40. The van der Waals surface area contributed by atoms with E-state index in [0.717, 1.165) is 18.4 Å². The first-order valence-electron chi connectivity index (χ1n) is 7.33. The predicted molar refractivity (Wildman–Crippen MR) is 88.2 cm³/mol. The van der Waals surface area contributed by atoms with Gasteiger partial charge in [-0.1, -0.05) is 12.1 Å². The molecule has 23 heavy (non-hydrogen) atoms. The second kappa shape index (κ2) is 6.08. The fourth-order valence-corrected chi connectivity index (χ4v) is 2.36. The first kappa shape index (κ1) is 15.0. The first-order chi connectivity index (χ1) is 11.0. The van der Waals surface area contributed by atoms with Crippen LogP contribution in [0.15, 0.2) is 47.5 Å². The summed E-state index contributed by atoms with van der Waals surface area (Å²) >= 11 is 0. The van der Waals surface area contributed by atoms with Gasteiger partial charge in [-0.25, -0.2) is 9.38 Å². The van der Waals surface area contributed by atoms with Crippen LogP contribution in [0.1, 0.15) is 34.7 Å². The Morgan fingerprint density at radius 2 is 1.96 bits per heavy atom. The Bertz CT molecular complexity index is 780. The molecule has 1 amide bonds. The number of halogens is 1. The molecule has 1 saturated carbocycles. The van der Waals surface area contributed by atoms with Gasteiger partial charge >= 0.3 is 0 Å². The molecule has 2 aromatic carbocycles. The van der Waals surface area contributed by atoms with Crippen molar-refractivity contribution < 1.29 is 9.18 Å². The van der Waals surface area contributed by atoms with Crippen LogP contribution >= 0.6 is 0 Å². The van der Waals surface area contributed by atoms with Gasteiger partial charge in [0.2, 0.25) is 0 Å². The topological polar surface area (TPSA) is 93.5 Å². The minimum absolute atomic E-state index is 0.0933. The zero-order chi connectivity index (χ0) is 16.4. The second-order valence-electron chi connectivity index (χ2n) is 5.55. The molecular formula is C17H17FN4O. The number of hydrogen-bond acceptors (Lipinski definition) is 2. The Kier molecular flexibility index (Phi) is 3.97. The summed E-state index contributed by atoms with van der Waals surface area (Å²) in [7, 11) is 0. The Morgan fingerprint density at radius 1 is 1.17 bits per heavy atom. The summed E-state index contributed by atoms with van der Waals surface area (Å²) in [6.45, 7) is 0. The van der Waals surface area contributed by atoms with E-state index >= 15 is 0 Å². The lowest BCUT2D eigenvalue weighted by molar-refractivity contribution is 0.102. The molecule has 0 saturated heterocycles. The molecule has 0 bridgehead atoms. The summed E-state index contributed by atoms with van der Waals surface area (Å²) in [6.07, 6.45) is 2.20. The van der Waals surface area contributed by atoms with Crippen molar-refractivity contribution in [1.82, 2.24) is 0 Å². The molecule has 1 aliphatic rings. The summed E-state index contributed by atoms with van der Waals surface area (Å²) in [5.74, 6) is -0.478. The van der Waals surface area contributed by atoms with Gasteiger partial charge in [0.05, 0.1) is 11.4 Å². The maximum atomic E-state index is 14.1. The molecule has 1 aliphatic carbocycles. The van der Waals surface area contributed by atoms with E-state index in [9.17, 15) is 9.18 Å². The predicted octanol–water partition coefficient (Wildman–Crippen LogP) is 2.86. The van der Waals surface area contributed by atoms with Crippen molar-refractivity contribution in [3.05, 3.63) is 59.4 Å². The van der Waals surface area contributed by atoms with E-state index in [-0.39, 0.29) is 11.6 Å². The van der Waals surface area contributed by atoms with Crippen LogP contribution in [0, 0.1) is 5.82 Å². The van der Waals surface area contributed by atoms with Crippen molar-refractivity contribution in [2.24, 2.45) is 16.5 Å². The van der Waals surface area contributed by atoms with E-state index < -0.39 is 11.7 Å². The zero-order valence-electron chi connectivity index (χ0n) is 12.4. The molecule has 0 atom stereocenters. The molecule has 0 aromatic heterocycles. The monoisotopic (exact) mass is 312 g/mol. The smallest absolute Gasteiger partial charge is 0.255 e. The van der Waals surface area contributed by atoms with E-state index in [1.54, 1.807) is 24.3 Å². The van der Waals surface area contributed by atoms with Crippen LogP contribution in [0.3, 0.4) is 0 Å². The molecule has 2 aromatic rings. The fourth-order valence-electron chi connectivity index (χ4n) is 2.36. The van der Waals surface area contributed by atoms with Gasteiger partial charge in [-0.2, -0.15) is 0 Å². The first-order valence-corrected chi connectivity index (χ1v) is 7.33. The Morgan fingerprint density at radius 3 is 2.61 bits per heavy atom. The second-order valence-corrected chi connectivity index (χ2v) is 5.55. The van der Waals surface area contributed by atoms with E-state index in [4.69, 9.17) is 11.5 Å². The van der Waals surface area contributed by atoms with Crippen molar-refractivity contribution in [3.63, 3.8) is 0 Å². The number of benzene rings is 2. The average molecular weight is 312 g/mol.